The summed E-state index contributed by atoms with van der Waals surface area (Å²) in [6.07, 6.45) is 0. The molecule has 5 aromatic carbocycles. The van der Waals surface area contributed by atoms with Gasteiger partial charge >= 0.3 is 0 Å². The molecule has 6 aromatic rings. The lowest BCUT2D eigenvalue weighted by molar-refractivity contribution is 1.09. The minimum atomic E-state index is 1.16. The third-order valence-electron chi connectivity index (χ3n) is 6.65. The van der Waals surface area contributed by atoms with Gasteiger partial charge in [0.2, 0.25) is 0 Å². The number of aromatic nitrogens is 1. The van der Waals surface area contributed by atoms with Crippen LogP contribution in [0.3, 0.4) is 0 Å². The van der Waals surface area contributed by atoms with E-state index >= 15 is 0 Å². The number of nitrogens with zero attached hydrogens (tertiary/aromatic N) is 1. The van der Waals surface area contributed by atoms with Crippen LogP contribution in [-0.2, 0) is 0 Å². The quantitative estimate of drug-likeness (QED) is 0.241. The SMILES string of the molecule is Cc1cccc(-n2c(-c3ccccc3)c(-c3ccccc3)c(-c3ccccc3)c2-c2ccccc2)c1. The molecule has 1 heterocycles. The number of rotatable bonds is 5. The lowest BCUT2D eigenvalue weighted by atomic mass is 9.91. The second-order valence-electron chi connectivity index (χ2n) is 9.09. The maximum Gasteiger partial charge on any atom is 0.0619 e. The van der Waals surface area contributed by atoms with Crippen LogP contribution >= 0.6 is 0 Å². The average Bonchev–Trinajstić information content (AvgIpc) is 3.31. The van der Waals surface area contributed by atoms with E-state index in [1.54, 1.807) is 0 Å². The van der Waals surface area contributed by atoms with Gasteiger partial charge in [0.05, 0.1) is 11.4 Å². The van der Waals surface area contributed by atoms with Crippen LogP contribution in [0, 0.1) is 6.92 Å². The van der Waals surface area contributed by atoms with E-state index in [2.05, 4.69) is 157 Å². The molecule has 0 N–H and O–H groups in total. The smallest absolute Gasteiger partial charge is 0.0619 e. The minimum Gasteiger partial charge on any atom is -0.308 e. The summed E-state index contributed by atoms with van der Waals surface area (Å²) in [5.74, 6) is 0. The highest BCUT2D eigenvalue weighted by Crippen LogP contribution is 2.49. The molecular formula is C35H27N. The zero-order valence-corrected chi connectivity index (χ0v) is 20.3. The van der Waals surface area contributed by atoms with Crippen LogP contribution < -0.4 is 0 Å². The molecule has 0 fully saturated rings. The van der Waals surface area contributed by atoms with Gasteiger partial charge in [-0.3, -0.25) is 0 Å². The van der Waals surface area contributed by atoms with E-state index in [1.807, 2.05) is 0 Å². The van der Waals surface area contributed by atoms with Crippen molar-refractivity contribution in [3.05, 3.63) is 151 Å². The molecule has 1 nitrogen and oxygen atoms in total. The first-order valence-electron chi connectivity index (χ1n) is 12.4. The van der Waals surface area contributed by atoms with Gasteiger partial charge in [0.25, 0.3) is 0 Å². The monoisotopic (exact) mass is 461 g/mol. The van der Waals surface area contributed by atoms with Crippen molar-refractivity contribution in [1.82, 2.24) is 4.57 Å². The fourth-order valence-electron chi connectivity index (χ4n) is 5.11. The van der Waals surface area contributed by atoms with E-state index in [4.69, 9.17) is 0 Å². The van der Waals surface area contributed by atoms with Gasteiger partial charge < -0.3 is 4.57 Å². The van der Waals surface area contributed by atoms with Crippen LogP contribution in [0.4, 0.5) is 0 Å². The van der Waals surface area contributed by atoms with Crippen molar-refractivity contribution in [2.45, 2.75) is 6.92 Å². The zero-order chi connectivity index (χ0) is 24.3. The molecule has 36 heavy (non-hydrogen) atoms. The van der Waals surface area contributed by atoms with E-state index < -0.39 is 0 Å². The summed E-state index contributed by atoms with van der Waals surface area (Å²) in [7, 11) is 0. The predicted octanol–water partition coefficient (Wildman–Crippen LogP) is 9.45. The molecule has 1 heteroatoms. The van der Waals surface area contributed by atoms with Crippen molar-refractivity contribution in [3.8, 4) is 50.5 Å². The summed E-state index contributed by atoms with van der Waals surface area (Å²) in [6, 6.07) is 52.0. The molecule has 0 aliphatic heterocycles. The molecule has 6 rings (SSSR count). The summed E-state index contributed by atoms with van der Waals surface area (Å²) < 4.78 is 2.46. The summed E-state index contributed by atoms with van der Waals surface area (Å²) in [5, 5.41) is 0. The molecule has 0 saturated heterocycles. The summed E-state index contributed by atoms with van der Waals surface area (Å²) in [6.45, 7) is 2.16. The number of hydrogen-bond acceptors (Lipinski definition) is 0. The Morgan fingerprint density at radius 2 is 0.778 bits per heavy atom. The lowest BCUT2D eigenvalue weighted by Gasteiger charge is -2.16. The summed E-state index contributed by atoms with van der Waals surface area (Å²) >= 11 is 0. The second-order valence-corrected chi connectivity index (χ2v) is 9.09. The van der Waals surface area contributed by atoms with E-state index in [0.29, 0.717) is 0 Å². The Labute approximate surface area is 213 Å². The van der Waals surface area contributed by atoms with Crippen molar-refractivity contribution < 1.29 is 0 Å². The Kier molecular flexibility index (Phi) is 5.81. The third kappa shape index (κ3) is 3.95. The molecule has 0 unspecified atom stereocenters. The van der Waals surface area contributed by atoms with Gasteiger partial charge in [-0.2, -0.15) is 0 Å². The van der Waals surface area contributed by atoms with Gasteiger partial charge in [0.15, 0.2) is 0 Å². The Morgan fingerprint density at radius 3 is 1.17 bits per heavy atom. The highest BCUT2D eigenvalue weighted by atomic mass is 15.0. The van der Waals surface area contributed by atoms with Crippen molar-refractivity contribution in [2.75, 3.05) is 0 Å². The second kappa shape index (κ2) is 9.56. The molecular weight excluding hydrogens is 434 g/mol. The van der Waals surface area contributed by atoms with E-state index in [1.165, 1.54) is 50.3 Å². The topological polar surface area (TPSA) is 4.93 Å². The maximum atomic E-state index is 2.46. The summed E-state index contributed by atoms with van der Waals surface area (Å²) in [4.78, 5) is 0. The van der Waals surface area contributed by atoms with Gasteiger partial charge in [-0.05, 0) is 46.9 Å². The molecule has 0 atom stereocenters. The van der Waals surface area contributed by atoms with E-state index in [-0.39, 0.29) is 0 Å². The van der Waals surface area contributed by atoms with Crippen LogP contribution in [0.5, 0.6) is 0 Å². The van der Waals surface area contributed by atoms with Gasteiger partial charge in [-0.25, -0.2) is 0 Å². The van der Waals surface area contributed by atoms with Crippen LogP contribution in [0.15, 0.2) is 146 Å². The molecule has 0 radical (unpaired) electrons. The van der Waals surface area contributed by atoms with Crippen molar-refractivity contribution in [2.24, 2.45) is 0 Å². The van der Waals surface area contributed by atoms with E-state index in [0.717, 1.165) is 5.69 Å². The molecule has 0 saturated carbocycles. The first-order chi connectivity index (χ1) is 17.8. The number of benzene rings is 5. The van der Waals surface area contributed by atoms with Crippen molar-refractivity contribution >= 4 is 0 Å². The fourth-order valence-corrected chi connectivity index (χ4v) is 5.11. The normalized spacial score (nSPS) is 10.9. The Balaban J connectivity index is 1.86. The van der Waals surface area contributed by atoms with Gasteiger partial charge in [-0.15, -0.1) is 0 Å². The standard InChI is InChI=1S/C35H27N/c1-26-15-14-24-31(25-26)36-34(29-20-10-4-11-21-29)32(27-16-6-2-7-17-27)33(28-18-8-3-9-19-28)35(36)30-22-12-5-13-23-30/h2-25H,1H3. The first kappa shape index (κ1) is 21.9. The summed E-state index contributed by atoms with van der Waals surface area (Å²) in [5.41, 5.74) is 12.1. The minimum absolute atomic E-state index is 1.16. The molecule has 0 amide bonds. The maximum absolute atomic E-state index is 2.46. The van der Waals surface area contributed by atoms with Crippen LogP contribution in [0.25, 0.3) is 50.5 Å². The zero-order valence-electron chi connectivity index (χ0n) is 20.3. The third-order valence-corrected chi connectivity index (χ3v) is 6.65. The number of hydrogen-bond donors (Lipinski definition) is 0. The molecule has 172 valence electrons. The Morgan fingerprint density at radius 1 is 0.389 bits per heavy atom. The van der Waals surface area contributed by atoms with Gasteiger partial charge in [-0.1, -0.05) is 133 Å². The largest absolute Gasteiger partial charge is 0.308 e. The number of aryl methyl sites for hydroxylation is 1. The van der Waals surface area contributed by atoms with Crippen LogP contribution in [0.1, 0.15) is 5.56 Å². The fraction of sp³-hybridized carbons (Fsp3) is 0.0286. The molecule has 1 aromatic heterocycles. The first-order valence-corrected chi connectivity index (χ1v) is 12.4. The van der Waals surface area contributed by atoms with Gasteiger partial charge in [0.1, 0.15) is 0 Å². The molecule has 0 aliphatic carbocycles. The van der Waals surface area contributed by atoms with Crippen LogP contribution in [0.2, 0.25) is 0 Å². The Bertz CT molecular complexity index is 1500. The molecule has 0 aliphatic rings. The average molecular weight is 462 g/mol. The Hall–Kier alpha value is -4.62. The van der Waals surface area contributed by atoms with Crippen LogP contribution in [-0.4, -0.2) is 4.57 Å². The van der Waals surface area contributed by atoms with Crippen molar-refractivity contribution in [3.63, 3.8) is 0 Å². The highest BCUT2D eigenvalue weighted by Gasteiger charge is 2.27. The van der Waals surface area contributed by atoms with Gasteiger partial charge in [0, 0.05) is 16.8 Å². The lowest BCUT2D eigenvalue weighted by Crippen LogP contribution is -2.00. The highest BCUT2D eigenvalue weighted by molar-refractivity contribution is 6.03. The predicted molar refractivity (Wildman–Crippen MR) is 152 cm³/mol. The van der Waals surface area contributed by atoms with Crippen molar-refractivity contribution in [1.29, 1.82) is 0 Å². The molecule has 0 spiro atoms. The van der Waals surface area contributed by atoms with E-state index in [9.17, 15) is 0 Å². The molecule has 0 bridgehead atoms.